The summed E-state index contributed by atoms with van der Waals surface area (Å²) in [6, 6.07) is 0. The number of ketones is 1. The Balaban J connectivity index is 1.56. The van der Waals surface area contributed by atoms with Gasteiger partial charge in [-0.2, -0.15) is 0 Å². The number of Topliss-reactive ketones (excluding diaryl/α,β-unsaturated/α-hetero) is 1. The summed E-state index contributed by atoms with van der Waals surface area (Å²) in [6.07, 6.45) is 11.1. The van der Waals surface area contributed by atoms with Crippen LogP contribution >= 0.6 is 11.6 Å². The number of hydrogen-bond donors (Lipinski definition) is 0. The minimum atomic E-state index is -0.274. The van der Waals surface area contributed by atoms with E-state index in [-0.39, 0.29) is 32.3 Å². The molecule has 5 aliphatic rings. The molecular formula is C30H47ClO2. The van der Waals surface area contributed by atoms with Crippen LogP contribution in [-0.4, -0.2) is 11.0 Å². The Morgan fingerprint density at radius 3 is 2.18 bits per heavy atom. The van der Waals surface area contributed by atoms with Gasteiger partial charge in [0, 0.05) is 17.3 Å². The molecule has 0 saturated heterocycles. The Morgan fingerprint density at radius 2 is 1.55 bits per heavy atom. The lowest BCUT2D eigenvalue weighted by molar-refractivity contribution is -0.233. The summed E-state index contributed by atoms with van der Waals surface area (Å²) in [5, 5.41) is -0.0341. The molecule has 0 radical (unpaired) electrons. The molecule has 5 fully saturated rings. The third-order valence-electron chi connectivity index (χ3n) is 13.5. The molecule has 0 amide bonds. The first-order valence-corrected chi connectivity index (χ1v) is 14.4. The van der Waals surface area contributed by atoms with Crippen molar-refractivity contribution in [3.8, 4) is 0 Å². The maximum Gasteiger partial charge on any atom is 0.228 e. The number of hydrogen-bond acceptors (Lipinski definition) is 2. The van der Waals surface area contributed by atoms with Gasteiger partial charge < -0.3 is 0 Å². The van der Waals surface area contributed by atoms with E-state index in [4.69, 9.17) is 11.6 Å². The van der Waals surface area contributed by atoms with Crippen molar-refractivity contribution in [2.45, 2.75) is 113 Å². The molecule has 0 heterocycles. The van der Waals surface area contributed by atoms with Crippen molar-refractivity contribution in [3.05, 3.63) is 0 Å². The van der Waals surface area contributed by atoms with Gasteiger partial charge >= 0.3 is 0 Å². The molecule has 5 saturated carbocycles. The molecule has 5 aliphatic carbocycles. The first kappa shape index (κ1) is 24.3. The first-order chi connectivity index (χ1) is 15.3. The molecular weight excluding hydrogens is 428 g/mol. The summed E-state index contributed by atoms with van der Waals surface area (Å²) >= 11 is 6.45. The molecule has 186 valence electrons. The highest BCUT2D eigenvalue weighted by molar-refractivity contribution is 6.64. The van der Waals surface area contributed by atoms with E-state index in [1.165, 1.54) is 32.1 Å². The summed E-state index contributed by atoms with van der Waals surface area (Å²) in [5.41, 5.74) is 0.330. The monoisotopic (exact) mass is 474 g/mol. The molecule has 0 unspecified atom stereocenters. The van der Waals surface area contributed by atoms with Crippen LogP contribution in [0.25, 0.3) is 0 Å². The molecule has 0 N–H and O–H groups in total. The second-order valence-electron chi connectivity index (χ2n) is 14.7. The molecule has 5 rings (SSSR count). The lowest BCUT2D eigenvalue weighted by Crippen LogP contribution is -2.66. The van der Waals surface area contributed by atoms with E-state index in [2.05, 4.69) is 48.5 Å². The van der Waals surface area contributed by atoms with Gasteiger partial charge in [0.05, 0.1) is 0 Å². The maximum atomic E-state index is 13.0. The third-order valence-corrected chi connectivity index (χ3v) is 13.9. The fraction of sp³-hybridized carbons (Fsp3) is 0.933. The average Bonchev–Trinajstić information content (AvgIpc) is 3.13. The van der Waals surface area contributed by atoms with Gasteiger partial charge in [0.2, 0.25) is 5.24 Å². The molecule has 2 nitrogen and oxygen atoms in total. The van der Waals surface area contributed by atoms with E-state index >= 15 is 0 Å². The summed E-state index contributed by atoms with van der Waals surface area (Å²) in [7, 11) is 0. The highest BCUT2D eigenvalue weighted by Crippen LogP contribution is 2.77. The molecule has 0 aliphatic heterocycles. The number of halogens is 1. The van der Waals surface area contributed by atoms with Gasteiger partial charge in [-0.15, -0.1) is 0 Å². The highest BCUT2D eigenvalue weighted by Gasteiger charge is 2.71. The van der Waals surface area contributed by atoms with Gasteiger partial charge in [0.1, 0.15) is 5.78 Å². The second kappa shape index (κ2) is 7.33. The lowest BCUT2D eigenvalue weighted by Gasteiger charge is -2.72. The number of fused-ring (bicyclic) bond motifs is 7. The van der Waals surface area contributed by atoms with Gasteiger partial charge in [-0.05, 0) is 121 Å². The van der Waals surface area contributed by atoms with Crippen molar-refractivity contribution in [1.29, 1.82) is 0 Å². The molecule has 33 heavy (non-hydrogen) atoms. The van der Waals surface area contributed by atoms with Crippen LogP contribution in [0, 0.1) is 62.6 Å². The molecule has 3 heteroatoms. The van der Waals surface area contributed by atoms with Crippen molar-refractivity contribution in [2.24, 2.45) is 62.6 Å². The van der Waals surface area contributed by atoms with Crippen LogP contribution in [0.3, 0.4) is 0 Å². The number of rotatable bonds is 2. The van der Waals surface area contributed by atoms with E-state index in [1.54, 1.807) is 0 Å². The second-order valence-corrected chi connectivity index (χ2v) is 15.1. The minimum absolute atomic E-state index is 0.0341. The van der Waals surface area contributed by atoms with Crippen LogP contribution in [0.2, 0.25) is 0 Å². The lowest BCUT2D eigenvalue weighted by atomic mass is 9.32. The molecule has 0 aromatic heterocycles. The van der Waals surface area contributed by atoms with E-state index < -0.39 is 0 Å². The Kier molecular flexibility index (Phi) is 5.40. The predicted octanol–water partition coefficient (Wildman–Crippen LogP) is 8.06. The minimum Gasteiger partial charge on any atom is -0.299 e. The quantitative estimate of drug-likeness (QED) is 0.379. The summed E-state index contributed by atoms with van der Waals surface area (Å²) in [4.78, 5) is 25.9. The Hall–Kier alpha value is -0.370. The van der Waals surface area contributed by atoms with Gasteiger partial charge in [0.15, 0.2) is 0 Å². The summed E-state index contributed by atoms with van der Waals surface area (Å²) < 4.78 is 0. The van der Waals surface area contributed by atoms with Crippen molar-refractivity contribution >= 4 is 22.6 Å². The zero-order chi connectivity index (χ0) is 24.2. The highest BCUT2D eigenvalue weighted by atomic mass is 35.5. The van der Waals surface area contributed by atoms with E-state index in [1.807, 2.05) is 0 Å². The van der Waals surface area contributed by atoms with Crippen LogP contribution in [-0.2, 0) is 9.59 Å². The average molecular weight is 475 g/mol. The van der Waals surface area contributed by atoms with Gasteiger partial charge in [0.25, 0.3) is 0 Å². The Labute approximate surface area is 207 Å². The topological polar surface area (TPSA) is 34.1 Å². The summed E-state index contributed by atoms with van der Waals surface area (Å²) in [6.45, 7) is 17.0. The Bertz CT molecular complexity index is 861. The normalized spacial score (nSPS) is 53.1. The van der Waals surface area contributed by atoms with Crippen molar-refractivity contribution in [1.82, 2.24) is 0 Å². The van der Waals surface area contributed by atoms with Crippen LogP contribution in [0.5, 0.6) is 0 Å². The van der Waals surface area contributed by atoms with Crippen LogP contribution in [0.15, 0.2) is 0 Å². The largest absolute Gasteiger partial charge is 0.299 e. The number of carbonyl (C=O) groups is 2. The molecule has 0 aromatic rings. The SMILES string of the molecule is CC(C)[C@@H]1CC[C@]2(C(=O)Cl)CC[C@]3(C)[C@H](CC[C@@H]4[C@@]5(C)CCC(=O)C(C)(C)[C@@H]5CC[C@]43C)[C@@H]12. The number of carbonyl (C=O) groups excluding carboxylic acids is 2. The van der Waals surface area contributed by atoms with Crippen LogP contribution < -0.4 is 0 Å². The van der Waals surface area contributed by atoms with Crippen LogP contribution in [0.1, 0.15) is 113 Å². The van der Waals surface area contributed by atoms with E-state index in [9.17, 15) is 9.59 Å². The van der Waals surface area contributed by atoms with Gasteiger partial charge in [-0.1, -0.05) is 48.5 Å². The predicted molar refractivity (Wildman–Crippen MR) is 135 cm³/mol. The fourth-order valence-corrected chi connectivity index (χ4v) is 11.8. The van der Waals surface area contributed by atoms with Gasteiger partial charge in [-0.3, -0.25) is 9.59 Å². The fourth-order valence-electron chi connectivity index (χ4n) is 11.5. The third kappa shape index (κ3) is 2.85. The van der Waals surface area contributed by atoms with E-state index in [0.29, 0.717) is 41.3 Å². The van der Waals surface area contributed by atoms with Crippen molar-refractivity contribution in [2.75, 3.05) is 0 Å². The molecule has 0 spiro atoms. The smallest absolute Gasteiger partial charge is 0.228 e. The van der Waals surface area contributed by atoms with Gasteiger partial charge in [-0.25, -0.2) is 0 Å². The van der Waals surface area contributed by atoms with E-state index in [0.717, 1.165) is 32.1 Å². The van der Waals surface area contributed by atoms with Crippen molar-refractivity contribution in [3.63, 3.8) is 0 Å². The van der Waals surface area contributed by atoms with Crippen LogP contribution in [0.4, 0.5) is 0 Å². The zero-order valence-corrected chi connectivity index (χ0v) is 23.0. The first-order valence-electron chi connectivity index (χ1n) is 14.0. The molecule has 9 atom stereocenters. The zero-order valence-electron chi connectivity index (χ0n) is 22.2. The summed E-state index contributed by atoms with van der Waals surface area (Å²) in [5.74, 6) is 3.96. The molecule has 0 bridgehead atoms. The standard InChI is InChI=1S/C30H47ClO2/c1-18(2)19-10-15-30(25(31)33)17-16-28(6)20(24(19)30)8-9-22-27(5)13-12-23(32)26(3,4)21(27)11-14-29(22,28)7/h18-22,24H,8-17H2,1-7H3/t19-,20+,21-,22+,24+,27-,28+,29+,30-/m0/s1. The Morgan fingerprint density at radius 1 is 0.848 bits per heavy atom. The van der Waals surface area contributed by atoms with Crippen molar-refractivity contribution < 1.29 is 9.59 Å². The maximum absolute atomic E-state index is 13.0. The molecule has 0 aromatic carbocycles.